The van der Waals surface area contributed by atoms with Crippen LogP contribution >= 0.6 is 0 Å². The molecule has 1 heterocycles. The number of hydrogen-bond donors (Lipinski definition) is 2. The molecule has 36 heavy (non-hydrogen) atoms. The number of nitrogens with zero attached hydrogens (tertiary/aromatic N) is 2. The van der Waals surface area contributed by atoms with Gasteiger partial charge in [0.1, 0.15) is 17.6 Å². The minimum absolute atomic E-state index is 0.00258. The van der Waals surface area contributed by atoms with Crippen molar-refractivity contribution in [3.05, 3.63) is 29.8 Å². The maximum absolute atomic E-state index is 13.4. The number of guanidine groups is 1. The molecule has 0 saturated heterocycles. The summed E-state index contributed by atoms with van der Waals surface area (Å²) in [5.41, 5.74) is 6.22. The Morgan fingerprint density at radius 3 is 2.75 bits per heavy atom. The normalized spacial score (nSPS) is 26.4. The number of carbonyl (C=O) groups excluding carboxylic acids is 2. The van der Waals surface area contributed by atoms with Crippen LogP contribution in [0, 0.1) is 11.8 Å². The monoisotopic (exact) mass is 502 g/mol. The van der Waals surface area contributed by atoms with Gasteiger partial charge in [-0.3, -0.25) is 4.79 Å². The van der Waals surface area contributed by atoms with Gasteiger partial charge in [-0.05, 0) is 45.6 Å². The molecule has 0 aromatic heterocycles. The number of nitrogens with two attached hydrogens (primary N) is 1. The molecule has 1 fully saturated rings. The Kier molecular flexibility index (Phi) is 9.00. The summed E-state index contributed by atoms with van der Waals surface area (Å²) in [6.45, 7) is 6.75. The van der Waals surface area contributed by atoms with Crippen molar-refractivity contribution >= 4 is 18.2 Å². The van der Waals surface area contributed by atoms with Crippen LogP contribution in [0.5, 0.6) is 5.75 Å². The molecule has 1 amide bonds. The predicted octanol–water partition coefficient (Wildman–Crippen LogP) is 2.69. The second-order valence-corrected chi connectivity index (χ2v) is 10.9. The van der Waals surface area contributed by atoms with Gasteiger partial charge in [-0.1, -0.05) is 18.2 Å². The summed E-state index contributed by atoms with van der Waals surface area (Å²) in [4.78, 5) is 30.9. The van der Waals surface area contributed by atoms with Crippen molar-refractivity contribution in [3.63, 3.8) is 0 Å². The molecule has 5 atom stereocenters. The van der Waals surface area contributed by atoms with Crippen LogP contribution in [-0.4, -0.2) is 74.7 Å². The Labute approximate surface area is 214 Å². The van der Waals surface area contributed by atoms with E-state index in [1.807, 2.05) is 57.0 Å². The standard InChI is InChI=1S/C27H42N4O5/c1-26(2,12-13-32)30-25(28)31(4)22(11-14-34-5)19-15-20(19)24(33)29-21-16-27(3,17-35-6)36-23-10-8-7-9-18(21)23/h7-10,13,19-22H,11-12,14-17H2,1-6H3,(H2,28,30)(H,29,33). The average molecular weight is 503 g/mol. The van der Waals surface area contributed by atoms with Crippen molar-refractivity contribution in [1.82, 2.24) is 10.2 Å². The second kappa shape index (κ2) is 11.6. The van der Waals surface area contributed by atoms with Crippen molar-refractivity contribution < 1.29 is 23.8 Å². The first kappa shape index (κ1) is 27.9. The maximum atomic E-state index is 13.4. The Morgan fingerprint density at radius 1 is 1.36 bits per heavy atom. The number of amides is 1. The van der Waals surface area contributed by atoms with Crippen molar-refractivity contribution in [1.29, 1.82) is 0 Å². The highest BCUT2D eigenvalue weighted by atomic mass is 16.5. The number of aldehydes is 1. The summed E-state index contributed by atoms with van der Waals surface area (Å²) in [5, 5.41) is 3.29. The van der Waals surface area contributed by atoms with E-state index in [1.54, 1.807) is 14.2 Å². The van der Waals surface area contributed by atoms with Gasteiger partial charge in [-0.2, -0.15) is 0 Å². The molecule has 2 aliphatic rings. The molecule has 1 aliphatic heterocycles. The lowest BCUT2D eigenvalue weighted by atomic mass is 9.88. The lowest BCUT2D eigenvalue weighted by Crippen LogP contribution is -2.47. The Bertz CT molecular complexity index is 952. The number of rotatable bonds is 12. The first-order valence-electron chi connectivity index (χ1n) is 12.6. The number of benzene rings is 1. The third kappa shape index (κ3) is 6.76. The van der Waals surface area contributed by atoms with E-state index >= 15 is 0 Å². The highest BCUT2D eigenvalue weighted by Gasteiger charge is 2.50. The summed E-state index contributed by atoms with van der Waals surface area (Å²) in [5.74, 6) is 1.19. The van der Waals surface area contributed by atoms with Crippen LogP contribution in [0.1, 0.15) is 58.1 Å². The van der Waals surface area contributed by atoms with Crippen LogP contribution in [0.25, 0.3) is 0 Å². The Morgan fingerprint density at radius 2 is 2.08 bits per heavy atom. The molecule has 9 heteroatoms. The van der Waals surface area contributed by atoms with Crippen molar-refractivity contribution in [2.45, 2.75) is 69.7 Å². The number of nitrogens with one attached hydrogen (secondary N) is 1. The van der Waals surface area contributed by atoms with Crippen LogP contribution in [0.2, 0.25) is 0 Å². The third-order valence-electron chi connectivity index (χ3n) is 7.20. The van der Waals surface area contributed by atoms with Crippen LogP contribution in [0.4, 0.5) is 0 Å². The lowest BCUT2D eigenvalue weighted by Gasteiger charge is -2.39. The van der Waals surface area contributed by atoms with Crippen molar-refractivity contribution in [2.24, 2.45) is 22.6 Å². The Balaban J connectivity index is 1.72. The predicted molar refractivity (Wildman–Crippen MR) is 139 cm³/mol. The number of para-hydroxylation sites is 1. The molecule has 5 unspecified atom stereocenters. The first-order chi connectivity index (χ1) is 17.0. The number of hydrogen-bond acceptors (Lipinski definition) is 6. The fourth-order valence-corrected chi connectivity index (χ4v) is 5.19. The molecular formula is C27H42N4O5. The molecule has 0 spiro atoms. The molecule has 1 aromatic rings. The number of ether oxygens (including phenoxy) is 3. The van der Waals surface area contributed by atoms with Crippen molar-refractivity contribution in [3.8, 4) is 5.75 Å². The van der Waals surface area contributed by atoms with Crippen LogP contribution in [0.15, 0.2) is 29.3 Å². The number of methoxy groups -OCH3 is 2. The second-order valence-electron chi connectivity index (χ2n) is 10.9. The van der Waals surface area contributed by atoms with Crippen LogP contribution < -0.4 is 15.8 Å². The summed E-state index contributed by atoms with van der Waals surface area (Å²) in [6, 6.07) is 7.68. The van der Waals surface area contributed by atoms with E-state index in [-0.39, 0.29) is 36.2 Å². The Hall–Kier alpha value is -2.65. The number of aliphatic imine (C=N–C) groups is 1. The van der Waals surface area contributed by atoms with E-state index in [2.05, 4.69) is 10.3 Å². The minimum Gasteiger partial charge on any atom is -0.485 e. The molecule has 1 saturated carbocycles. The first-order valence-corrected chi connectivity index (χ1v) is 12.6. The van der Waals surface area contributed by atoms with Crippen molar-refractivity contribution in [2.75, 3.05) is 34.5 Å². The van der Waals surface area contributed by atoms with E-state index < -0.39 is 11.1 Å². The average Bonchev–Trinajstić information content (AvgIpc) is 3.59. The van der Waals surface area contributed by atoms with Gasteiger partial charge in [-0.25, -0.2) is 4.99 Å². The molecular weight excluding hydrogens is 460 g/mol. The van der Waals surface area contributed by atoms with Gasteiger partial charge in [0, 0.05) is 58.2 Å². The molecule has 200 valence electrons. The lowest BCUT2D eigenvalue weighted by molar-refractivity contribution is -0.124. The highest BCUT2D eigenvalue weighted by molar-refractivity contribution is 5.83. The fraction of sp³-hybridized carbons (Fsp3) is 0.667. The molecule has 3 N–H and O–H groups in total. The number of carbonyl (C=O) groups is 2. The van der Waals surface area contributed by atoms with E-state index in [0.29, 0.717) is 25.6 Å². The molecule has 3 rings (SSSR count). The molecule has 0 radical (unpaired) electrons. The zero-order valence-corrected chi connectivity index (χ0v) is 22.5. The molecule has 0 bridgehead atoms. The molecule has 1 aromatic carbocycles. The van der Waals surface area contributed by atoms with Gasteiger partial charge in [-0.15, -0.1) is 0 Å². The highest BCUT2D eigenvalue weighted by Crippen LogP contribution is 2.46. The molecule has 1 aliphatic carbocycles. The zero-order chi connectivity index (χ0) is 26.5. The maximum Gasteiger partial charge on any atom is 0.223 e. The van der Waals surface area contributed by atoms with Gasteiger partial charge >= 0.3 is 0 Å². The van der Waals surface area contributed by atoms with Crippen LogP contribution in [-0.2, 0) is 19.1 Å². The fourth-order valence-electron chi connectivity index (χ4n) is 5.19. The summed E-state index contributed by atoms with van der Waals surface area (Å²) < 4.78 is 17.0. The van der Waals surface area contributed by atoms with Gasteiger partial charge in [0.25, 0.3) is 0 Å². The topological polar surface area (TPSA) is 115 Å². The summed E-state index contributed by atoms with van der Waals surface area (Å²) >= 11 is 0. The smallest absolute Gasteiger partial charge is 0.223 e. The van der Waals surface area contributed by atoms with Crippen LogP contribution in [0.3, 0.4) is 0 Å². The van der Waals surface area contributed by atoms with E-state index in [0.717, 1.165) is 30.4 Å². The quantitative estimate of drug-likeness (QED) is 0.256. The summed E-state index contributed by atoms with van der Waals surface area (Å²) in [7, 11) is 5.22. The summed E-state index contributed by atoms with van der Waals surface area (Å²) in [6.07, 6.45) is 3.26. The third-order valence-corrected chi connectivity index (χ3v) is 7.20. The van der Waals surface area contributed by atoms with E-state index in [4.69, 9.17) is 19.9 Å². The largest absolute Gasteiger partial charge is 0.485 e. The van der Waals surface area contributed by atoms with Gasteiger partial charge in [0.05, 0.1) is 18.2 Å². The van der Waals surface area contributed by atoms with Gasteiger partial charge in [0.2, 0.25) is 5.91 Å². The number of fused-ring (bicyclic) bond motifs is 1. The van der Waals surface area contributed by atoms with Gasteiger partial charge in [0.15, 0.2) is 5.96 Å². The SMILES string of the molecule is COCCC(C1CC1C(=O)NC1CC(C)(COC)Oc2ccccc21)N(C)C(N)=NC(C)(C)CC=O. The van der Waals surface area contributed by atoms with E-state index in [1.165, 1.54) is 0 Å². The zero-order valence-electron chi connectivity index (χ0n) is 22.5. The minimum atomic E-state index is -0.586. The van der Waals surface area contributed by atoms with Gasteiger partial charge < -0.3 is 35.0 Å². The molecule has 9 nitrogen and oxygen atoms in total. The van der Waals surface area contributed by atoms with E-state index in [9.17, 15) is 9.59 Å².